The first-order valence-electron chi connectivity index (χ1n) is 6.09. The van der Waals surface area contributed by atoms with E-state index in [4.69, 9.17) is 5.73 Å². The lowest BCUT2D eigenvalue weighted by Crippen LogP contribution is -2.22. The summed E-state index contributed by atoms with van der Waals surface area (Å²) in [6.07, 6.45) is 10.5. The summed E-state index contributed by atoms with van der Waals surface area (Å²) in [5.41, 5.74) is 9.07. The van der Waals surface area contributed by atoms with Gasteiger partial charge < -0.3 is 10.3 Å². The Morgan fingerprint density at radius 1 is 1.40 bits per heavy atom. The lowest BCUT2D eigenvalue weighted by molar-refractivity contribution is 0.525. The molecule has 1 aliphatic heterocycles. The average molecular weight is 205 g/mol. The zero-order chi connectivity index (χ0) is 10.3. The Morgan fingerprint density at radius 2 is 2.27 bits per heavy atom. The van der Waals surface area contributed by atoms with E-state index in [1.165, 1.54) is 43.5 Å². The van der Waals surface area contributed by atoms with E-state index >= 15 is 0 Å². The third kappa shape index (κ3) is 1.81. The minimum absolute atomic E-state index is 0.172. The molecule has 1 aromatic heterocycles. The van der Waals surface area contributed by atoms with Gasteiger partial charge in [-0.15, -0.1) is 0 Å². The number of imidazole rings is 1. The van der Waals surface area contributed by atoms with Crippen LogP contribution in [-0.2, 0) is 19.4 Å². The van der Waals surface area contributed by atoms with E-state index in [-0.39, 0.29) is 5.54 Å². The molecule has 2 N–H and O–H groups in total. The summed E-state index contributed by atoms with van der Waals surface area (Å²) >= 11 is 0. The van der Waals surface area contributed by atoms with Crippen molar-refractivity contribution >= 4 is 0 Å². The number of hydrogen-bond acceptors (Lipinski definition) is 2. The summed E-state index contributed by atoms with van der Waals surface area (Å²) in [6, 6.07) is 0. The maximum Gasteiger partial charge on any atom is 0.0951 e. The van der Waals surface area contributed by atoms with Crippen LogP contribution < -0.4 is 5.73 Å². The molecule has 0 atom stereocenters. The molecule has 2 heterocycles. The molecule has 1 saturated carbocycles. The summed E-state index contributed by atoms with van der Waals surface area (Å²) < 4.78 is 2.33. The summed E-state index contributed by atoms with van der Waals surface area (Å²) in [4.78, 5) is 4.54. The molecule has 0 radical (unpaired) electrons. The van der Waals surface area contributed by atoms with Gasteiger partial charge in [0.25, 0.3) is 0 Å². The molecule has 15 heavy (non-hydrogen) atoms. The van der Waals surface area contributed by atoms with E-state index in [1.54, 1.807) is 0 Å². The van der Waals surface area contributed by atoms with Crippen LogP contribution in [0.25, 0.3) is 0 Å². The largest absolute Gasteiger partial charge is 0.334 e. The second-order valence-electron chi connectivity index (χ2n) is 5.15. The summed E-state index contributed by atoms with van der Waals surface area (Å²) in [5.74, 6) is 0. The van der Waals surface area contributed by atoms with Gasteiger partial charge in [-0.2, -0.15) is 0 Å². The molecule has 1 fully saturated rings. The van der Waals surface area contributed by atoms with Gasteiger partial charge in [0.15, 0.2) is 0 Å². The van der Waals surface area contributed by atoms with Crippen molar-refractivity contribution in [3.63, 3.8) is 0 Å². The molecule has 3 heteroatoms. The second-order valence-corrected chi connectivity index (χ2v) is 5.15. The lowest BCUT2D eigenvalue weighted by atomic mass is 10.0. The monoisotopic (exact) mass is 205 g/mol. The predicted octanol–water partition coefficient (Wildman–Crippen LogP) is 1.64. The molecule has 0 bridgehead atoms. The molecule has 0 amide bonds. The van der Waals surface area contributed by atoms with Crippen molar-refractivity contribution in [3.8, 4) is 0 Å². The highest BCUT2D eigenvalue weighted by atomic mass is 15.1. The van der Waals surface area contributed by atoms with Crippen molar-refractivity contribution in [2.75, 3.05) is 0 Å². The van der Waals surface area contributed by atoms with Crippen LogP contribution >= 0.6 is 0 Å². The van der Waals surface area contributed by atoms with Crippen molar-refractivity contribution < 1.29 is 0 Å². The van der Waals surface area contributed by atoms with Crippen LogP contribution in [-0.4, -0.2) is 15.1 Å². The van der Waals surface area contributed by atoms with Gasteiger partial charge in [-0.1, -0.05) is 0 Å². The average Bonchev–Trinajstić information content (AvgIpc) is 2.86. The summed E-state index contributed by atoms with van der Waals surface area (Å²) in [5, 5.41) is 0. The van der Waals surface area contributed by atoms with Crippen LogP contribution in [0.3, 0.4) is 0 Å². The minimum Gasteiger partial charge on any atom is -0.334 e. The van der Waals surface area contributed by atoms with E-state index in [0.29, 0.717) is 0 Å². The van der Waals surface area contributed by atoms with Gasteiger partial charge in [0.05, 0.1) is 12.0 Å². The zero-order valence-corrected chi connectivity index (χ0v) is 9.21. The maximum absolute atomic E-state index is 6.10. The van der Waals surface area contributed by atoms with Crippen molar-refractivity contribution in [1.82, 2.24) is 9.55 Å². The topological polar surface area (TPSA) is 43.8 Å². The van der Waals surface area contributed by atoms with Gasteiger partial charge in [-0.05, 0) is 44.9 Å². The number of aromatic nitrogens is 2. The first-order chi connectivity index (χ1) is 7.27. The van der Waals surface area contributed by atoms with Crippen LogP contribution in [0.5, 0.6) is 0 Å². The van der Waals surface area contributed by atoms with Crippen LogP contribution in [0.15, 0.2) is 6.33 Å². The quantitative estimate of drug-likeness (QED) is 0.815. The van der Waals surface area contributed by atoms with E-state index in [9.17, 15) is 0 Å². The fourth-order valence-corrected chi connectivity index (χ4v) is 2.49. The van der Waals surface area contributed by atoms with Gasteiger partial charge in [-0.3, -0.25) is 0 Å². The molecule has 0 spiro atoms. The molecular weight excluding hydrogens is 186 g/mol. The first kappa shape index (κ1) is 9.40. The Kier molecular flexibility index (Phi) is 2.09. The summed E-state index contributed by atoms with van der Waals surface area (Å²) in [6.45, 7) is 1.16. The molecule has 3 nitrogen and oxygen atoms in total. The third-order valence-electron chi connectivity index (χ3n) is 3.85. The Morgan fingerprint density at radius 3 is 3.07 bits per heavy atom. The van der Waals surface area contributed by atoms with Gasteiger partial charge in [-0.25, -0.2) is 4.98 Å². The van der Waals surface area contributed by atoms with Crippen LogP contribution in [0.2, 0.25) is 0 Å². The molecule has 3 rings (SSSR count). The lowest BCUT2D eigenvalue weighted by Gasteiger charge is -2.15. The van der Waals surface area contributed by atoms with Crippen LogP contribution in [0.1, 0.15) is 43.5 Å². The smallest absolute Gasteiger partial charge is 0.0951 e. The molecule has 1 aromatic rings. The molecule has 1 aliphatic carbocycles. The van der Waals surface area contributed by atoms with E-state index in [2.05, 4.69) is 9.55 Å². The Hall–Kier alpha value is -0.830. The molecular formula is C12H19N3. The van der Waals surface area contributed by atoms with Gasteiger partial charge in [0.1, 0.15) is 0 Å². The molecule has 82 valence electrons. The van der Waals surface area contributed by atoms with Gasteiger partial charge >= 0.3 is 0 Å². The van der Waals surface area contributed by atoms with Crippen molar-refractivity contribution in [1.29, 1.82) is 0 Å². The number of rotatable bonds is 3. The Balaban J connectivity index is 1.71. The maximum atomic E-state index is 6.10. The van der Waals surface area contributed by atoms with E-state index < -0.39 is 0 Å². The number of fused-ring (bicyclic) bond motifs is 1. The third-order valence-corrected chi connectivity index (χ3v) is 3.85. The minimum atomic E-state index is 0.172. The Labute approximate surface area is 90.7 Å². The van der Waals surface area contributed by atoms with Crippen LogP contribution in [0, 0.1) is 0 Å². The first-order valence-corrected chi connectivity index (χ1v) is 6.09. The number of nitrogens with two attached hydrogens (primary N) is 1. The number of nitrogens with zero attached hydrogens (tertiary/aromatic N) is 2. The van der Waals surface area contributed by atoms with Crippen LogP contribution in [0.4, 0.5) is 0 Å². The van der Waals surface area contributed by atoms with Crippen molar-refractivity contribution in [2.24, 2.45) is 5.73 Å². The highest BCUT2D eigenvalue weighted by Gasteiger charge is 2.37. The highest BCUT2D eigenvalue weighted by Crippen LogP contribution is 2.36. The predicted molar refractivity (Wildman–Crippen MR) is 59.6 cm³/mol. The second kappa shape index (κ2) is 3.34. The normalized spacial score (nSPS) is 22.5. The number of hydrogen-bond donors (Lipinski definition) is 1. The van der Waals surface area contributed by atoms with E-state index in [0.717, 1.165) is 19.4 Å². The highest BCUT2D eigenvalue weighted by molar-refractivity contribution is 5.16. The molecule has 0 saturated heterocycles. The fourth-order valence-electron chi connectivity index (χ4n) is 2.49. The van der Waals surface area contributed by atoms with E-state index in [1.807, 2.05) is 6.33 Å². The standard InChI is InChI=1S/C12H19N3/c13-12(6-7-12)5-4-10-11-3-1-2-8-15(11)9-14-10/h9H,1-8,13H2. The SMILES string of the molecule is NC1(CCc2ncn3c2CCCC3)CC1. The fraction of sp³-hybridized carbons (Fsp3) is 0.750. The Bertz CT molecular complexity index is 363. The number of aryl methyl sites for hydroxylation is 2. The van der Waals surface area contributed by atoms with Crippen molar-refractivity contribution in [3.05, 3.63) is 17.7 Å². The molecule has 0 unspecified atom stereocenters. The zero-order valence-electron chi connectivity index (χ0n) is 9.21. The van der Waals surface area contributed by atoms with Crippen molar-refractivity contribution in [2.45, 2.75) is 57.0 Å². The summed E-state index contributed by atoms with van der Waals surface area (Å²) in [7, 11) is 0. The van der Waals surface area contributed by atoms with Gasteiger partial charge in [0, 0.05) is 17.8 Å². The molecule has 0 aromatic carbocycles. The van der Waals surface area contributed by atoms with Gasteiger partial charge in [0.2, 0.25) is 0 Å². The molecule has 2 aliphatic rings.